The summed E-state index contributed by atoms with van der Waals surface area (Å²) in [6.07, 6.45) is 4.92. The molecular formula is C15H18N4O2S. The van der Waals surface area contributed by atoms with E-state index in [-0.39, 0.29) is 11.8 Å². The number of nitrogens with zero attached hydrogens (tertiary/aromatic N) is 3. The molecule has 22 heavy (non-hydrogen) atoms. The van der Waals surface area contributed by atoms with Crippen molar-refractivity contribution in [1.82, 2.24) is 19.8 Å². The lowest BCUT2D eigenvalue weighted by atomic mass is 10.2. The van der Waals surface area contributed by atoms with Gasteiger partial charge in [0.05, 0.1) is 11.3 Å². The Morgan fingerprint density at radius 1 is 1.32 bits per heavy atom. The van der Waals surface area contributed by atoms with Crippen LogP contribution in [0.2, 0.25) is 0 Å². The van der Waals surface area contributed by atoms with Gasteiger partial charge in [-0.15, -0.1) is 11.3 Å². The molecule has 7 heteroatoms. The van der Waals surface area contributed by atoms with Gasteiger partial charge in [0, 0.05) is 57.3 Å². The predicted molar refractivity (Wildman–Crippen MR) is 84.2 cm³/mol. The maximum absolute atomic E-state index is 12.4. The Hall–Kier alpha value is -2.15. The van der Waals surface area contributed by atoms with Crippen LogP contribution >= 0.6 is 11.3 Å². The first-order valence-corrected chi connectivity index (χ1v) is 8.00. The first-order chi connectivity index (χ1) is 10.6. The number of thiazole rings is 1. The average molecular weight is 318 g/mol. The lowest BCUT2D eigenvalue weighted by molar-refractivity contribution is 0.0761. The molecule has 2 amide bonds. The summed E-state index contributed by atoms with van der Waals surface area (Å²) in [7, 11) is 3.46. The zero-order valence-corrected chi connectivity index (χ0v) is 13.4. The molecular weight excluding hydrogens is 300 g/mol. The lowest BCUT2D eigenvalue weighted by Crippen LogP contribution is -2.33. The lowest BCUT2D eigenvalue weighted by Gasteiger charge is -2.19. The van der Waals surface area contributed by atoms with Crippen molar-refractivity contribution in [2.75, 3.05) is 27.2 Å². The van der Waals surface area contributed by atoms with Crippen LogP contribution in [0.15, 0.2) is 18.5 Å². The number of hydrogen-bond donors (Lipinski definition) is 1. The van der Waals surface area contributed by atoms with Crippen molar-refractivity contribution >= 4 is 23.2 Å². The van der Waals surface area contributed by atoms with Gasteiger partial charge in [-0.05, 0) is 6.07 Å². The number of nitrogens with one attached hydrogen (secondary N) is 1. The minimum atomic E-state index is -0.0571. The Bertz CT molecular complexity index is 665. The van der Waals surface area contributed by atoms with E-state index >= 15 is 0 Å². The van der Waals surface area contributed by atoms with Crippen molar-refractivity contribution in [3.8, 4) is 0 Å². The van der Waals surface area contributed by atoms with E-state index in [1.54, 1.807) is 37.5 Å². The van der Waals surface area contributed by atoms with Crippen LogP contribution in [0.5, 0.6) is 0 Å². The highest BCUT2D eigenvalue weighted by molar-refractivity contribution is 7.13. The van der Waals surface area contributed by atoms with Crippen molar-refractivity contribution in [3.63, 3.8) is 0 Å². The Morgan fingerprint density at radius 3 is 2.77 bits per heavy atom. The Kier molecular flexibility index (Phi) is 3.98. The normalized spacial score (nSPS) is 14.4. The van der Waals surface area contributed by atoms with Crippen molar-refractivity contribution in [2.45, 2.75) is 12.8 Å². The highest BCUT2D eigenvalue weighted by atomic mass is 32.1. The molecule has 0 aliphatic carbocycles. The first-order valence-electron chi connectivity index (χ1n) is 7.18. The van der Waals surface area contributed by atoms with E-state index in [2.05, 4.69) is 9.97 Å². The minimum absolute atomic E-state index is 0.0426. The number of rotatable bonds is 2. The molecule has 2 aromatic rings. The van der Waals surface area contributed by atoms with Gasteiger partial charge in [0.2, 0.25) is 0 Å². The van der Waals surface area contributed by atoms with Crippen LogP contribution in [0.25, 0.3) is 0 Å². The maximum Gasteiger partial charge on any atom is 0.282 e. The maximum atomic E-state index is 12.4. The number of carbonyl (C=O) groups is 2. The SMILES string of the molecule is CN(C)C(=O)c1nc2c(s1)CCN(C(=O)c1cc[nH]c1)CC2. The number of aromatic amines is 1. The Balaban J connectivity index is 1.73. The largest absolute Gasteiger partial charge is 0.367 e. The fourth-order valence-electron chi connectivity index (χ4n) is 2.49. The van der Waals surface area contributed by atoms with Crippen LogP contribution in [-0.4, -0.2) is 58.8 Å². The molecule has 0 unspecified atom stereocenters. The summed E-state index contributed by atoms with van der Waals surface area (Å²) in [5.74, 6) is -0.0145. The molecule has 1 N–H and O–H groups in total. The third kappa shape index (κ3) is 2.76. The van der Waals surface area contributed by atoms with Crippen molar-refractivity contribution in [2.24, 2.45) is 0 Å². The molecule has 116 valence electrons. The minimum Gasteiger partial charge on any atom is -0.367 e. The second-order valence-corrected chi connectivity index (χ2v) is 6.56. The molecule has 0 saturated heterocycles. The highest BCUT2D eigenvalue weighted by Gasteiger charge is 2.24. The third-order valence-electron chi connectivity index (χ3n) is 3.73. The van der Waals surface area contributed by atoms with Crippen LogP contribution < -0.4 is 0 Å². The molecule has 0 fully saturated rings. The molecule has 0 radical (unpaired) electrons. The van der Waals surface area contributed by atoms with Crippen LogP contribution in [0.3, 0.4) is 0 Å². The standard InChI is InChI=1S/C15H18N4O2S/c1-18(2)15(21)13-17-11-4-7-19(8-5-12(11)22-13)14(20)10-3-6-16-9-10/h3,6,9,16H,4-5,7-8H2,1-2H3. The van der Waals surface area contributed by atoms with Gasteiger partial charge in [0.25, 0.3) is 11.8 Å². The van der Waals surface area contributed by atoms with Gasteiger partial charge in [0.15, 0.2) is 5.01 Å². The molecule has 3 heterocycles. The van der Waals surface area contributed by atoms with E-state index in [0.29, 0.717) is 30.1 Å². The Morgan fingerprint density at radius 2 is 2.09 bits per heavy atom. The van der Waals surface area contributed by atoms with Gasteiger partial charge in [-0.1, -0.05) is 0 Å². The van der Waals surface area contributed by atoms with E-state index in [1.807, 2.05) is 4.90 Å². The topological polar surface area (TPSA) is 69.3 Å². The smallest absolute Gasteiger partial charge is 0.282 e. The summed E-state index contributed by atoms with van der Waals surface area (Å²) < 4.78 is 0. The number of fused-ring (bicyclic) bond motifs is 1. The van der Waals surface area contributed by atoms with Crippen molar-refractivity contribution in [1.29, 1.82) is 0 Å². The van der Waals surface area contributed by atoms with E-state index in [1.165, 1.54) is 11.3 Å². The van der Waals surface area contributed by atoms with Crippen LogP contribution in [0.4, 0.5) is 0 Å². The third-order valence-corrected chi connectivity index (χ3v) is 4.87. The summed E-state index contributed by atoms with van der Waals surface area (Å²) in [6.45, 7) is 1.30. The van der Waals surface area contributed by atoms with E-state index < -0.39 is 0 Å². The molecule has 0 spiro atoms. The molecule has 0 bridgehead atoms. The van der Waals surface area contributed by atoms with Crippen LogP contribution in [-0.2, 0) is 12.8 Å². The number of H-pyrrole nitrogens is 1. The second kappa shape index (κ2) is 5.92. The van der Waals surface area contributed by atoms with Gasteiger partial charge in [-0.2, -0.15) is 0 Å². The molecule has 3 rings (SSSR count). The first kappa shape index (κ1) is 14.8. The van der Waals surface area contributed by atoms with Crippen LogP contribution in [0.1, 0.15) is 30.7 Å². The molecule has 2 aromatic heterocycles. The second-order valence-electron chi connectivity index (χ2n) is 5.48. The molecule has 0 aromatic carbocycles. The highest BCUT2D eigenvalue weighted by Crippen LogP contribution is 2.24. The van der Waals surface area contributed by atoms with Gasteiger partial charge >= 0.3 is 0 Å². The van der Waals surface area contributed by atoms with E-state index in [4.69, 9.17) is 0 Å². The molecule has 1 aliphatic heterocycles. The predicted octanol–water partition coefficient (Wildman–Crippen LogP) is 1.41. The fourth-order valence-corrected chi connectivity index (χ4v) is 3.61. The number of aromatic nitrogens is 2. The van der Waals surface area contributed by atoms with E-state index in [9.17, 15) is 9.59 Å². The molecule has 6 nitrogen and oxygen atoms in total. The number of amides is 2. The van der Waals surface area contributed by atoms with Crippen molar-refractivity contribution < 1.29 is 9.59 Å². The van der Waals surface area contributed by atoms with Gasteiger partial charge in [-0.25, -0.2) is 4.98 Å². The average Bonchev–Trinajstić information content (AvgIpc) is 3.12. The summed E-state index contributed by atoms with van der Waals surface area (Å²) in [4.78, 5) is 36.3. The molecule has 0 saturated carbocycles. The van der Waals surface area contributed by atoms with Crippen molar-refractivity contribution in [3.05, 3.63) is 39.6 Å². The van der Waals surface area contributed by atoms with Gasteiger partial charge in [0.1, 0.15) is 0 Å². The summed E-state index contributed by atoms with van der Waals surface area (Å²) in [6, 6.07) is 1.79. The summed E-state index contributed by atoms with van der Waals surface area (Å²) in [5.41, 5.74) is 1.64. The zero-order chi connectivity index (χ0) is 15.7. The van der Waals surface area contributed by atoms with E-state index in [0.717, 1.165) is 17.0 Å². The summed E-state index contributed by atoms with van der Waals surface area (Å²) >= 11 is 1.45. The number of carbonyl (C=O) groups excluding carboxylic acids is 2. The Labute approximate surface area is 132 Å². The number of hydrogen-bond acceptors (Lipinski definition) is 4. The molecule has 1 aliphatic rings. The fraction of sp³-hybridized carbons (Fsp3) is 0.400. The van der Waals surface area contributed by atoms with Crippen LogP contribution in [0, 0.1) is 0 Å². The summed E-state index contributed by atoms with van der Waals surface area (Å²) in [5, 5.41) is 0.542. The van der Waals surface area contributed by atoms with Gasteiger partial charge < -0.3 is 14.8 Å². The molecule has 0 atom stereocenters. The monoisotopic (exact) mass is 318 g/mol. The quantitative estimate of drug-likeness (QED) is 0.910. The zero-order valence-electron chi connectivity index (χ0n) is 12.6. The van der Waals surface area contributed by atoms with Gasteiger partial charge in [-0.3, -0.25) is 9.59 Å².